The third-order valence-corrected chi connectivity index (χ3v) is 5.33. The highest BCUT2D eigenvalue weighted by Gasteiger charge is 2.26. The van der Waals surface area contributed by atoms with Gasteiger partial charge in [-0.25, -0.2) is 4.79 Å². The van der Waals surface area contributed by atoms with Crippen LogP contribution in [0.4, 0.5) is 5.00 Å². The van der Waals surface area contributed by atoms with E-state index < -0.39 is 5.97 Å². The molecule has 0 saturated carbocycles. The maximum absolute atomic E-state index is 12.5. The minimum Gasteiger partial charge on any atom is -0.462 e. The van der Waals surface area contributed by atoms with Gasteiger partial charge >= 0.3 is 5.97 Å². The second kappa shape index (κ2) is 10.0. The summed E-state index contributed by atoms with van der Waals surface area (Å²) in [4.78, 5) is 38.3. The normalized spacial score (nSPS) is 11.6. The van der Waals surface area contributed by atoms with Crippen molar-refractivity contribution in [2.24, 2.45) is 0 Å². The van der Waals surface area contributed by atoms with Crippen LogP contribution >= 0.6 is 11.3 Å². The number of esters is 1. The Balaban J connectivity index is 2.15. The maximum atomic E-state index is 12.5. The largest absolute Gasteiger partial charge is 0.462 e. The molecule has 1 unspecified atom stereocenters. The predicted molar refractivity (Wildman–Crippen MR) is 109 cm³/mol. The van der Waals surface area contributed by atoms with E-state index in [2.05, 4.69) is 10.6 Å². The molecule has 150 valence electrons. The number of thiophene rings is 1. The van der Waals surface area contributed by atoms with E-state index in [0.717, 1.165) is 21.8 Å². The van der Waals surface area contributed by atoms with E-state index in [9.17, 15) is 14.4 Å². The Hall–Kier alpha value is -2.71. The van der Waals surface area contributed by atoms with Crippen LogP contribution in [0, 0.1) is 6.92 Å². The number of hydrogen-bond donors (Lipinski definition) is 3. The number of anilines is 1. The molecule has 1 aromatic carbocycles. The van der Waals surface area contributed by atoms with Gasteiger partial charge in [0.05, 0.1) is 24.1 Å². The van der Waals surface area contributed by atoms with Crippen LogP contribution in [0.5, 0.6) is 0 Å². The van der Waals surface area contributed by atoms with Gasteiger partial charge in [-0.15, -0.1) is 11.3 Å². The Morgan fingerprint density at radius 1 is 1.18 bits per heavy atom. The highest BCUT2D eigenvalue weighted by Crippen LogP contribution is 2.33. The van der Waals surface area contributed by atoms with Crippen LogP contribution in [0.25, 0.3) is 0 Å². The van der Waals surface area contributed by atoms with Crippen molar-refractivity contribution >= 4 is 34.1 Å². The molecule has 2 rings (SSSR count). The molecule has 0 fully saturated rings. The Morgan fingerprint density at radius 2 is 1.86 bits per heavy atom. The van der Waals surface area contributed by atoms with Crippen molar-refractivity contribution in [1.29, 1.82) is 0 Å². The number of ether oxygens (including phenoxy) is 1. The van der Waals surface area contributed by atoms with Crippen LogP contribution in [0.1, 0.15) is 38.1 Å². The summed E-state index contributed by atoms with van der Waals surface area (Å²) in [5, 5.41) is 5.67. The highest BCUT2D eigenvalue weighted by molar-refractivity contribution is 7.18. The van der Waals surface area contributed by atoms with E-state index in [1.807, 2.05) is 37.4 Å². The first-order chi connectivity index (χ1) is 13.4. The molecule has 0 saturated heterocycles. The van der Waals surface area contributed by atoms with Gasteiger partial charge in [-0.05, 0) is 19.4 Å². The average molecular weight is 405 g/mol. The summed E-state index contributed by atoms with van der Waals surface area (Å²) in [6.07, 6.45) is 0. The zero-order chi connectivity index (χ0) is 20.7. The fourth-order valence-corrected chi connectivity index (χ4v) is 3.99. The monoisotopic (exact) mass is 404 g/mol. The van der Waals surface area contributed by atoms with Gasteiger partial charge in [0, 0.05) is 12.6 Å². The fourth-order valence-electron chi connectivity index (χ4n) is 2.83. The molecule has 28 heavy (non-hydrogen) atoms. The van der Waals surface area contributed by atoms with E-state index in [4.69, 9.17) is 4.74 Å². The lowest BCUT2D eigenvalue weighted by Gasteiger charge is -2.14. The van der Waals surface area contributed by atoms with Crippen LogP contribution < -0.4 is 15.5 Å². The van der Waals surface area contributed by atoms with Crippen molar-refractivity contribution in [2.45, 2.75) is 20.4 Å². The van der Waals surface area contributed by atoms with Crippen LogP contribution in [-0.2, 0) is 16.1 Å². The quantitative estimate of drug-likeness (QED) is 0.578. The number of benzene rings is 1. The topological polar surface area (TPSA) is 88.9 Å². The van der Waals surface area contributed by atoms with Crippen molar-refractivity contribution in [3.63, 3.8) is 0 Å². The standard InChI is InChI=1S/C20H25N3O4S/c1-5-27-20(26)16-13(2)17(18(25)21-3)28-19(16)22-15(24)12-23(4)11-14-9-7-6-8-10-14/h6-10H,5,11-12H2,1-4H3,(H,21,25)(H,22,24)/p+1. The minimum atomic E-state index is -0.549. The third kappa shape index (κ3) is 5.40. The van der Waals surface area contributed by atoms with Gasteiger partial charge in [-0.2, -0.15) is 0 Å². The number of rotatable bonds is 8. The summed E-state index contributed by atoms with van der Waals surface area (Å²) < 4.78 is 5.10. The molecule has 0 bridgehead atoms. The Bertz CT molecular complexity index is 849. The molecule has 0 aliphatic rings. The van der Waals surface area contributed by atoms with Gasteiger partial charge in [0.2, 0.25) is 0 Å². The summed E-state index contributed by atoms with van der Waals surface area (Å²) in [7, 11) is 3.44. The molecule has 0 radical (unpaired) electrons. The van der Waals surface area contributed by atoms with Crippen LogP contribution in [0.15, 0.2) is 30.3 Å². The zero-order valence-electron chi connectivity index (χ0n) is 16.5. The van der Waals surface area contributed by atoms with E-state index >= 15 is 0 Å². The molecule has 0 aliphatic carbocycles. The van der Waals surface area contributed by atoms with Crippen LogP contribution in [0.2, 0.25) is 0 Å². The lowest BCUT2D eigenvalue weighted by atomic mass is 10.1. The smallest absolute Gasteiger partial charge is 0.341 e. The van der Waals surface area contributed by atoms with Gasteiger partial charge in [-0.1, -0.05) is 30.3 Å². The van der Waals surface area contributed by atoms with Gasteiger partial charge in [-0.3, -0.25) is 9.59 Å². The van der Waals surface area contributed by atoms with E-state index in [1.54, 1.807) is 13.8 Å². The van der Waals surface area contributed by atoms with E-state index in [0.29, 0.717) is 22.0 Å². The fraction of sp³-hybridized carbons (Fsp3) is 0.350. The summed E-state index contributed by atoms with van der Waals surface area (Å²) in [6.45, 7) is 4.52. The van der Waals surface area contributed by atoms with E-state index in [1.165, 1.54) is 7.05 Å². The van der Waals surface area contributed by atoms with Crippen molar-refractivity contribution in [2.75, 3.05) is 32.6 Å². The number of amides is 2. The second-order valence-corrected chi connectivity index (χ2v) is 7.42. The molecular formula is C20H26N3O4S+. The predicted octanol–water partition coefficient (Wildman–Crippen LogP) is 1.25. The molecule has 1 aromatic heterocycles. The second-order valence-electron chi connectivity index (χ2n) is 6.40. The van der Waals surface area contributed by atoms with Gasteiger partial charge < -0.3 is 20.3 Å². The molecule has 2 aromatic rings. The molecule has 0 aliphatic heterocycles. The summed E-state index contributed by atoms with van der Waals surface area (Å²) in [5.41, 5.74) is 1.87. The SMILES string of the molecule is CCOC(=O)c1c(NC(=O)C[NH+](C)Cc2ccccc2)sc(C(=O)NC)c1C. The first-order valence-corrected chi connectivity index (χ1v) is 9.86. The summed E-state index contributed by atoms with van der Waals surface area (Å²) in [6, 6.07) is 9.90. The number of carbonyl (C=O) groups excluding carboxylic acids is 3. The maximum Gasteiger partial charge on any atom is 0.341 e. The van der Waals surface area contributed by atoms with E-state index in [-0.39, 0.29) is 30.5 Å². The number of hydrogen-bond acceptors (Lipinski definition) is 5. The number of carbonyl (C=O) groups is 3. The van der Waals surface area contributed by atoms with Crippen molar-refractivity contribution in [3.8, 4) is 0 Å². The van der Waals surface area contributed by atoms with Crippen LogP contribution in [-0.4, -0.2) is 45.0 Å². The number of likely N-dealkylation sites (N-methyl/N-ethyl adjacent to an activating group) is 1. The molecule has 8 heteroatoms. The highest BCUT2D eigenvalue weighted by atomic mass is 32.1. The summed E-state index contributed by atoms with van der Waals surface area (Å²) in [5.74, 6) is -1.09. The third-order valence-electron chi connectivity index (χ3n) is 4.12. The molecule has 1 heterocycles. The first kappa shape index (κ1) is 21.6. The number of quaternary nitrogens is 1. The Labute approximate surface area is 168 Å². The van der Waals surface area contributed by atoms with Gasteiger partial charge in [0.1, 0.15) is 11.5 Å². The van der Waals surface area contributed by atoms with Gasteiger partial charge in [0.15, 0.2) is 6.54 Å². The lowest BCUT2D eigenvalue weighted by Crippen LogP contribution is -3.08. The Kier molecular flexibility index (Phi) is 7.71. The minimum absolute atomic E-state index is 0.209. The molecule has 1 atom stereocenters. The molecular weight excluding hydrogens is 378 g/mol. The molecule has 2 amide bonds. The van der Waals surface area contributed by atoms with Crippen LogP contribution in [0.3, 0.4) is 0 Å². The van der Waals surface area contributed by atoms with Gasteiger partial charge in [0.25, 0.3) is 11.8 Å². The molecule has 0 spiro atoms. The molecule has 7 nitrogen and oxygen atoms in total. The zero-order valence-corrected chi connectivity index (χ0v) is 17.4. The van der Waals surface area contributed by atoms with Crippen molar-refractivity contribution in [1.82, 2.24) is 5.32 Å². The molecule has 3 N–H and O–H groups in total. The first-order valence-electron chi connectivity index (χ1n) is 9.05. The number of nitrogens with one attached hydrogen (secondary N) is 3. The van der Waals surface area contributed by atoms with Crippen molar-refractivity contribution < 1.29 is 24.0 Å². The Morgan fingerprint density at radius 3 is 2.46 bits per heavy atom. The van der Waals surface area contributed by atoms with Crippen molar-refractivity contribution in [3.05, 3.63) is 51.9 Å². The summed E-state index contributed by atoms with van der Waals surface area (Å²) >= 11 is 1.08. The average Bonchev–Trinajstić information content (AvgIpc) is 2.97. The lowest BCUT2D eigenvalue weighted by molar-refractivity contribution is -0.885.